The van der Waals surface area contributed by atoms with Crippen LogP contribution < -0.4 is 16.0 Å². The summed E-state index contributed by atoms with van der Waals surface area (Å²) in [5.74, 6) is -0.523. The second-order valence-electron chi connectivity index (χ2n) is 12.6. The molecule has 3 N–H and O–H groups in total. The maximum Gasteiger partial charge on any atom is 0.271 e. The van der Waals surface area contributed by atoms with Crippen molar-refractivity contribution in [3.05, 3.63) is 98.1 Å². The lowest BCUT2D eigenvalue weighted by molar-refractivity contribution is -0.132. The summed E-state index contributed by atoms with van der Waals surface area (Å²) in [4.78, 5) is 68.4. The first-order valence-corrected chi connectivity index (χ1v) is 18.5. The Bertz CT molecular complexity index is 1690. The molecular formula is C36H43N7O4S2. The Morgan fingerprint density at radius 3 is 2.29 bits per heavy atom. The van der Waals surface area contributed by atoms with Crippen LogP contribution in [0.25, 0.3) is 0 Å². The number of hydrogen-bond acceptors (Lipinski definition) is 9. The van der Waals surface area contributed by atoms with Crippen LogP contribution in [0.5, 0.6) is 0 Å². The Morgan fingerprint density at radius 1 is 0.878 bits per heavy atom. The molecule has 4 amide bonds. The summed E-state index contributed by atoms with van der Waals surface area (Å²) in [6.07, 6.45) is 6.78. The largest absolute Gasteiger partial charge is 0.351 e. The minimum absolute atomic E-state index is 0.00672. The van der Waals surface area contributed by atoms with E-state index < -0.39 is 6.04 Å². The van der Waals surface area contributed by atoms with Crippen molar-refractivity contribution in [1.29, 1.82) is 0 Å². The van der Waals surface area contributed by atoms with Crippen LogP contribution in [0.1, 0.15) is 100 Å². The maximum atomic E-state index is 13.6. The minimum atomic E-state index is -0.488. The van der Waals surface area contributed by atoms with Crippen LogP contribution in [0.2, 0.25) is 0 Å². The molecule has 4 bridgehead atoms. The fourth-order valence-corrected chi connectivity index (χ4v) is 7.37. The van der Waals surface area contributed by atoms with Crippen molar-refractivity contribution in [3.8, 4) is 0 Å². The zero-order valence-electron chi connectivity index (χ0n) is 27.9. The number of rotatable bonds is 7. The Kier molecular flexibility index (Phi) is 13.0. The summed E-state index contributed by atoms with van der Waals surface area (Å²) in [7, 11) is 0. The number of carbonyl (C=O) groups is 4. The first-order chi connectivity index (χ1) is 23.7. The number of hydrogen-bond donors (Lipinski definition) is 3. The average molecular weight is 702 g/mol. The minimum Gasteiger partial charge on any atom is -0.351 e. The van der Waals surface area contributed by atoms with Crippen LogP contribution in [-0.4, -0.2) is 63.1 Å². The number of aromatic nitrogens is 3. The third-order valence-corrected chi connectivity index (χ3v) is 10.1. The number of benzene rings is 1. The molecule has 258 valence electrons. The van der Waals surface area contributed by atoms with Crippen molar-refractivity contribution in [3.63, 3.8) is 0 Å². The number of amides is 4. The van der Waals surface area contributed by atoms with E-state index >= 15 is 0 Å². The number of fused-ring (bicyclic) bond motifs is 4. The molecule has 0 unspecified atom stereocenters. The lowest BCUT2D eigenvalue weighted by Gasteiger charge is -2.23. The molecule has 1 aliphatic rings. The van der Waals surface area contributed by atoms with Crippen LogP contribution in [0, 0.1) is 5.92 Å². The van der Waals surface area contributed by atoms with Crippen molar-refractivity contribution in [2.45, 2.75) is 70.9 Å². The lowest BCUT2D eigenvalue weighted by atomic mass is 10.0. The van der Waals surface area contributed by atoms with Gasteiger partial charge in [0.05, 0.1) is 12.1 Å². The average Bonchev–Trinajstić information content (AvgIpc) is 3.79. The first kappa shape index (κ1) is 35.8. The molecule has 0 saturated heterocycles. The van der Waals surface area contributed by atoms with Crippen molar-refractivity contribution in [1.82, 2.24) is 35.8 Å². The van der Waals surface area contributed by atoms with Gasteiger partial charge in [-0.15, -0.1) is 22.7 Å². The van der Waals surface area contributed by atoms with Crippen LogP contribution in [-0.2, 0) is 22.4 Å². The van der Waals surface area contributed by atoms with Gasteiger partial charge in [0.15, 0.2) is 0 Å². The number of nitrogens with zero attached hydrogens (tertiary/aromatic N) is 4. The van der Waals surface area contributed by atoms with Crippen LogP contribution in [0.15, 0.2) is 65.6 Å². The van der Waals surface area contributed by atoms with E-state index in [0.717, 1.165) is 11.1 Å². The van der Waals surface area contributed by atoms with Crippen molar-refractivity contribution in [2.24, 2.45) is 5.92 Å². The highest BCUT2D eigenvalue weighted by Crippen LogP contribution is 2.27. The van der Waals surface area contributed by atoms with Crippen LogP contribution in [0.4, 0.5) is 0 Å². The van der Waals surface area contributed by atoms with Gasteiger partial charge in [0.1, 0.15) is 21.4 Å². The Labute approximate surface area is 295 Å². The fraction of sp³-hybridized carbons (Fsp3) is 0.417. The second kappa shape index (κ2) is 17.8. The van der Waals surface area contributed by atoms with E-state index in [1.807, 2.05) is 42.5 Å². The van der Waals surface area contributed by atoms with Gasteiger partial charge in [0.2, 0.25) is 11.8 Å². The van der Waals surface area contributed by atoms with E-state index in [4.69, 9.17) is 0 Å². The van der Waals surface area contributed by atoms with E-state index in [1.165, 1.54) is 22.7 Å². The maximum absolute atomic E-state index is 13.6. The van der Waals surface area contributed by atoms with Crippen molar-refractivity contribution >= 4 is 46.3 Å². The first-order valence-electron chi connectivity index (χ1n) is 16.7. The molecule has 0 saturated carbocycles. The monoisotopic (exact) mass is 701 g/mol. The third-order valence-electron chi connectivity index (χ3n) is 8.16. The van der Waals surface area contributed by atoms with E-state index in [9.17, 15) is 19.2 Å². The molecule has 13 heteroatoms. The SMILES string of the molecule is CC(C)C[C@@H]1NC(=O)CCCN(C(=O)CCc2cccnc2)CCCNC(=O)c2csc(n2)[C@H](Cc2ccccc2)NC(=O)c2csc1n2. The van der Waals surface area contributed by atoms with Gasteiger partial charge in [-0.05, 0) is 55.2 Å². The Hall–Kier alpha value is -4.49. The molecule has 2 atom stereocenters. The van der Waals surface area contributed by atoms with E-state index in [0.29, 0.717) is 68.2 Å². The van der Waals surface area contributed by atoms with Gasteiger partial charge < -0.3 is 20.9 Å². The Morgan fingerprint density at radius 2 is 1.57 bits per heavy atom. The number of aryl methyl sites for hydroxylation is 1. The van der Waals surface area contributed by atoms with Crippen molar-refractivity contribution < 1.29 is 19.2 Å². The standard InChI is InChI=1S/C36H43N7O4S2/c1-24(2)19-27-35-42-30(23-49-35)34(47)40-28(20-25-9-4-3-5-10-25)36-41-29(22-48-36)33(46)38-16-8-18-43(17-7-12-31(44)39-27)32(45)14-13-26-11-6-15-37-21-26/h3-6,9-11,15,21-24,27-28H,7-8,12-14,16-20H2,1-2H3,(H,38,46)(H,39,44)(H,40,47)/t27-,28-/m0/s1. The topological polar surface area (TPSA) is 146 Å². The zero-order valence-corrected chi connectivity index (χ0v) is 29.5. The van der Waals surface area contributed by atoms with Gasteiger partial charge in [0.25, 0.3) is 11.8 Å². The number of nitrogens with one attached hydrogen (secondary N) is 3. The zero-order chi connectivity index (χ0) is 34.6. The molecular weight excluding hydrogens is 659 g/mol. The Balaban J connectivity index is 1.37. The van der Waals surface area contributed by atoms with Gasteiger partial charge in [-0.2, -0.15) is 0 Å². The lowest BCUT2D eigenvalue weighted by Crippen LogP contribution is -2.36. The van der Waals surface area contributed by atoms with Gasteiger partial charge in [0, 0.05) is 55.6 Å². The molecule has 0 fully saturated rings. The molecule has 49 heavy (non-hydrogen) atoms. The summed E-state index contributed by atoms with van der Waals surface area (Å²) in [5, 5.41) is 13.9. The third kappa shape index (κ3) is 10.8. The molecule has 0 spiro atoms. The number of pyridine rings is 1. The van der Waals surface area contributed by atoms with Gasteiger partial charge >= 0.3 is 0 Å². The van der Waals surface area contributed by atoms with Crippen LogP contribution >= 0.6 is 22.7 Å². The van der Waals surface area contributed by atoms with Crippen molar-refractivity contribution in [2.75, 3.05) is 19.6 Å². The smallest absolute Gasteiger partial charge is 0.271 e. The summed E-state index contributed by atoms with van der Waals surface area (Å²) < 4.78 is 0. The quantitative estimate of drug-likeness (QED) is 0.238. The number of thiazole rings is 2. The normalized spacial score (nSPS) is 18.3. The van der Waals surface area contributed by atoms with E-state index in [-0.39, 0.29) is 53.4 Å². The van der Waals surface area contributed by atoms with Gasteiger partial charge in [-0.25, -0.2) is 9.97 Å². The summed E-state index contributed by atoms with van der Waals surface area (Å²) in [6.45, 7) is 5.38. The summed E-state index contributed by atoms with van der Waals surface area (Å²) >= 11 is 2.67. The molecule has 11 nitrogen and oxygen atoms in total. The molecule has 1 aliphatic heterocycles. The van der Waals surface area contributed by atoms with E-state index in [2.05, 4.69) is 44.7 Å². The van der Waals surface area contributed by atoms with Crippen LogP contribution in [0.3, 0.4) is 0 Å². The molecule has 3 aromatic heterocycles. The summed E-state index contributed by atoms with van der Waals surface area (Å²) in [5.41, 5.74) is 2.54. The molecule has 0 aliphatic carbocycles. The second-order valence-corrected chi connectivity index (χ2v) is 14.3. The molecule has 0 radical (unpaired) electrons. The fourth-order valence-electron chi connectivity index (χ4n) is 5.65. The van der Waals surface area contributed by atoms with Gasteiger partial charge in [-0.1, -0.05) is 50.2 Å². The number of carbonyl (C=O) groups excluding carboxylic acids is 4. The molecule has 4 aromatic rings. The molecule has 4 heterocycles. The molecule has 1 aromatic carbocycles. The highest BCUT2D eigenvalue weighted by Gasteiger charge is 2.25. The van der Waals surface area contributed by atoms with E-state index in [1.54, 1.807) is 28.1 Å². The highest BCUT2D eigenvalue weighted by atomic mass is 32.1. The predicted octanol–water partition coefficient (Wildman–Crippen LogP) is 5.29. The molecule has 5 rings (SSSR count). The highest BCUT2D eigenvalue weighted by molar-refractivity contribution is 7.10. The van der Waals surface area contributed by atoms with Gasteiger partial charge in [-0.3, -0.25) is 24.2 Å². The predicted molar refractivity (Wildman–Crippen MR) is 190 cm³/mol. The summed E-state index contributed by atoms with van der Waals surface area (Å²) in [6, 6.07) is 12.8.